The third kappa shape index (κ3) is 62.0. The van der Waals surface area contributed by atoms with Crippen molar-refractivity contribution < 1.29 is 80.2 Å². The lowest BCUT2D eigenvalue weighted by atomic mass is 9.99. The lowest BCUT2D eigenvalue weighted by molar-refractivity contribution is -0.161. The maximum atomic E-state index is 13.0. The van der Waals surface area contributed by atoms with Gasteiger partial charge in [-0.1, -0.05) is 299 Å². The van der Waals surface area contributed by atoms with Crippen molar-refractivity contribution in [1.29, 1.82) is 0 Å². The van der Waals surface area contributed by atoms with Crippen molar-refractivity contribution in [2.45, 2.75) is 369 Å². The van der Waals surface area contributed by atoms with E-state index in [-0.39, 0.29) is 25.7 Å². The minimum Gasteiger partial charge on any atom is -0.462 e. The molecule has 17 nitrogen and oxygen atoms in total. The fourth-order valence-corrected chi connectivity index (χ4v) is 12.1. The molecule has 0 rings (SSSR count). The number of phosphoric acid groups is 2. The van der Waals surface area contributed by atoms with E-state index in [1.807, 2.05) is 0 Å². The zero-order valence-electron chi connectivity index (χ0n) is 57.9. The number of esters is 4. The standard InChI is InChI=1S/C70H136O17P2/c1-8-11-12-13-14-15-16-17-21-30-37-44-51-67(72)80-57-66(87-70(75)54-47-40-33-26-24-29-36-43-50-63(7)10-3)60-85-89(78,79)83-56-64(71)55-82-88(76,77)84-59-65(58-81-68(73)52-45-38-31-25-23-28-35-42-49-62(6)9-2)86-69(74)53-46-39-32-22-19-18-20-27-34-41-48-61(4)5/h61-66,71H,8-60H2,1-7H3,(H,76,77)(H,78,79)/t62?,63?,64-,65-,66-/m1/s1. The van der Waals surface area contributed by atoms with Gasteiger partial charge < -0.3 is 33.8 Å². The molecule has 89 heavy (non-hydrogen) atoms. The Bertz CT molecular complexity index is 1750. The van der Waals surface area contributed by atoms with Crippen LogP contribution in [0.15, 0.2) is 0 Å². The highest BCUT2D eigenvalue weighted by Gasteiger charge is 2.30. The van der Waals surface area contributed by atoms with E-state index in [0.29, 0.717) is 25.7 Å². The highest BCUT2D eigenvalue weighted by atomic mass is 31.2. The predicted molar refractivity (Wildman–Crippen MR) is 358 cm³/mol. The highest BCUT2D eigenvalue weighted by molar-refractivity contribution is 7.47. The summed E-state index contributed by atoms with van der Waals surface area (Å²) in [4.78, 5) is 72.6. The maximum absolute atomic E-state index is 13.0. The summed E-state index contributed by atoms with van der Waals surface area (Å²) in [6.07, 6.45) is 44.2. The topological polar surface area (TPSA) is 237 Å². The van der Waals surface area contributed by atoms with Crippen LogP contribution >= 0.6 is 15.6 Å². The lowest BCUT2D eigenvalue weighted by Crippen LogP contribution is -2.30. The van der Waals surface area contributed by atoms with E-state index in [0.717, 1.165) is 108 Å². The Morgan fingerprint density at radius 2 is 0.573 bits per heavy atom. The molecule has 0 aliphatic heterocycles. The van der Waals surface area contributed by atoms with E-state index < -0.39 is 97.5 Å². The average Bonchev–Trinajstić information content (AvgIpc) is 3.72. The van der Waals surface area contributed by atoms with Crippen molar-refractivity contribution >= 4 is 39.5 Å². The number of rotatable bonds is 68. The van der Waals surface area contributed by atoms with Gasteiger partial charge in [-0.3, -0.25) is 37.3 Å². The Labute approximate surface area is 543 Å². The number of aliphatic hydroxyl groups excluding tert-OH is 1. The molecule has 0 bridgehead atoms. The Morgan fingerprint density at radius 1 is 0.326 bits per heavy atom. The molecule has 0 aliphatic rings. The number of hydrogen-bond acceptors (Lipinski definition) is 15. The molecule has 3 N–H and O–H groups in total. The van der Waals surface area contributed by atoms with Crippen LogP contribution in [0, 0.1) is 17.8 Å². The van der Waals surface area contributed by atoms with Crippen LogP contribution in [-0.2, 0) is 65.4 Å². The molecule has 528 valence electrons. The van der Waals surface area contributed by atoms with Crippen LogP contribution in [0.5, 0.6) is 0 Å². The monoisotopic (exact) mass is 1310 g/mol. The maximum Gasteiger partial charge on any atom is 0.472 e. The lowest BCUT2D eigenvalue weighted by Gasteiger charge is -2.21. The van der Waals surface area contributed by atoms with Gasteiger partial charge in [-0.25, -0.2) is 9.13 Å². The first-order valence-corrected chi connectivity index (χ1v) is 39.4. The summed E-state index contributed by atoms with van der Waals surface area (Å²) < 4.78 is 68.3. The molecule has 0 heterocycles. The molecule has 0 fully saturated rings. The molecule has 0 aromatic heterocycles. The Morgan fingerprint density at radius 3 is 0.854 bits per heavy atom. The van der Waals surface area contributed by atoms with Crippen molar-refractivity contribution in [3.63, 3.8) is 0 Å². The Balaban J connectivity index is 5.28. The quantitative estimate of drug-likeness (QED) is 0.0222. The van der Waals surface area contributed by atoms with E-state index in [2.05, 4.69) is 48.5 Å². The number of unbranched alkanes of at least 4 members (excludes halogenated alkanes) is 34. The number of carbonyl (C=O) groups excluding carboxylic acids is 4. The summed E-state index contributed by atoms with van der Waals surface area (Å²) in [5, 5.41) is 10.6. The van der Waals surface area contributed by atoms with Gasteiger partial charge in [-0.15, -0.1) is 0 Å². The fourth-order valence-electron chi connectivity index (χ4n) is 10.5. The van der Waals surface area contributed by atoms with Crippen LogP contribution in [0.2, 0.25) is 0 Å². The van der Waals surface area contributed by atoms with Crippen LogP contribution in [-0.4, -0.2) is 96.7 Å². The first-order valence-electron chi connectivity index (χ1n) is 36.4. The minimum atomic E-state index is -4.95. The van der Waals surface area contributed by atoms with Crippen molar-refractivity contribution in [3.8, 4) is 0 Å². The smallest absolute Gasteiger partial charge is 0.462 e. The van der Waals surface area contributed by atoms with Gasteiger partial charge in [-0.05, 0) is 43.4 Å². The van der Waals surface area contributed by atoms with Crippen molar-refractivity contribution in [2.24, 2.45) is 17.8 Å². The highest BCUT2D eigenvalue weighted by Crippen LogP contribution is 2.45. The van der Waals surface area contributed by atoms with Crippen LogP contribution in [0.1, 0.15) is 350 Å². The molecule has 0 aliphatic carbocycles. The van der Waals surface area contributed by atoms with E-state index >= 15 is 0 Å². The van der Waals surface area contributed by atoms with E-state index in [4.69, 9.17) is 37.0 Å². The molecule has 0 aromatic carbocycles. The van der Waals surface area contributed by atoms with Crippen molar-refractivity contribution in [2.75, 3.05) is 39.6 Å². The molecule has 0 spiro atoms. The third-order valence-corrected chi connectivity index (χ3v) is 18.8. The van der Waals surface area contributed by atoms with Gasteiger partial charge in [0.25, 0.3) is 0 Å². The van der Waals surface area contributed by atoms with Gasteiger partial charge >= 0.3 is 39.5 Å². The summed E-state index contributed by atoms with van der Waals surface area (Å²) in [7, 11) is -9.90. The summed E-state index contributed by atoms with van der Waals surface area (Å²) in [5.41, 5.74) is 0. The molecule has 0 saturated carbocycles. The molecule has 0 aromatic rings. The van der Waals surface area contributed by atoms with Gasteiger partial charge in [0.2, 0.25) is 0 Å². The number of phosphoric ester groups is 2. The zero-order valence-corrected chi connectivity index (χ0v) is 59.7. The Kier molecular flexibility index (Phi) is 59.6. The van der Waals surface area contributed by atoms with Crippen LogP contribution in [0.3, 0.4) is 0 Å². The summed E-state index contributed by atoms with van der Waals surface area (Å²) in [6, 6.07) is 0. The molecule has 4 unspecified atom stereocenters. The second kappa shape index (κ2) is 61.0. The first kappa shape index (κ1) is 87.1. The van der Waals surface area contributed by atoms with Gasteiger partial charge in [0, 0.05) is 25.7 Å². The normalized spacial score (nSPS) is 14.8. The largest absolute Gasteiger partial charge is 0.472 e. The van der Waals surface area contributed by atoms with Gasteiger partial charge in [0.1, 0.15) is 19.3 Å². The molecule has 0 radical (unpaired) electrons. The van der Waals surface area contributed by atoms with Crippen LogP contribution < -0.4 is 0 Å². The van der Waals surface area contributed by atoms with E-state index in [1.165, 1.54) is 161 Å². The minimum absolute atomic E-state index is 0.105. The SMILES string of the molecule is CCCCCCCCCCCCCCC(=O)OC[C@H](COP(=O)(O)OC[C@H](O)COP(=O)(O)OC[C@@H](COC(=O)CCCCCCCCCCC(C)CC)OC(=O)CCCCCCCCCCCCC(C)C)OC(=O)CCCCCCCCCCC(C)CC. The second-order valence-electron chi connectivity index (χ2n) is 26.2. The summed E-state index contributed by atoms with van der Waals surface area (Å²) in [5.74, 6) is 0.172. The van der Waals surface area contributed by atoms with Crippen molar-refractivity contribution in [3.05, 3.63) is 0 Å². The molecule has 0 amide bonds. The summed E-state index contributed by atoms with van der Waals surface area (Å²) in [6.45, 7) is 11.8. The summed E-state index contributed by atoms with van der Waals surface area (Å²) >= 11 is 0. The molecular weight excluding hydrogens is 1170 g/mol. The van der Waals surface area contributed by atoms with Crippen molar-refractivity contribution in [1.82, 2.24) is 0 Å². The Hall–Kier alpha value is -1.94. The van der Waals surface area contributed by atoms with Gasteiger partial charge in [-0.2, -0.15) is 0 Å². The number of hydrogen-bond donors (Lipinski definition) is 3. The first-order chi connectivity index (χ1) is 42.8. The molecule has 7 atom stereocenters. The second-order valence-corrected chi connectivity index (χ2v) is 29.1. The molecule has 19 heteroatoms. The zero-order chi connectivity index (χ0) is 65.9. The number of ether oxygens (including phenoxy) is 4. The average molecular weight is 1310 g/mol. The fraction of sp³-hybridized carbons (Fsp3) is 0.943. The van der Waals surface area contributed by atoms with E-state index in [1.54, 1.807) is 0 Å². The number of aliphatic hydroxyl groups is 1. The van der Waals surface area contributed by atoms with Crippen LogP contribution in [0.4, 0.5) is 0 Å². The van der Waals surface area contributed by atoms with Crippen LogP contribution in [0.25, 0.3) is 0 Å². The van der Waals surface area contributed by atoms with Gasteiger partial charge in [0.05, 0.1) is 26.4 Å². The van der Waals surface area contributed by atoms with E-state index in [9.17, 15) is 43.2 Å². The van der Waals surface area contributed by atoms with Gasteiger partial charge in [0.15, 0.2) is 12.2 Å². The number of carbonyl (C=O) groups is 4. The predicted octanol–water partition coefficient (Wildman–Crippen LogP) is 19.8. The third-order valence-electron chi connectivity index (χ3n) is 16.9. The molecule has 0 saturated heterocycles. The molecular formula is C70H136O17P2.